The van der Waals surface area contributed by atoms with Crippen LogP contribution in [0.15, 0.2) is 54.6 Å². The molecule has 0 bridgehead atoms. The van der Waals surface area contributed by atoms with Crippen LogP contribution in [0.4, 0.5) is 5.69 Å². The second-order valence-corrected chi connectivity index (χ2v) is 6.89. The molecule has 27 heavy (non-hydrogen) atoms. The van der Waals surface area contributed by atoms with Crippen LogP contribution >= 0.6 is 0 Å². The van der Waals surface area contributed by atoms with E-state index in [4.69, 9.17) is 0 Å². The maximum atomic E-state index is 13.0. The molecule has 0 aromatic heterocycles. The van der Waals surface area contributed by atoms with Gasteiger partial charge in [0.2, 0.25) is 11.8 Å². The fourth-order valence-corrected chi connectivity index (χ4v) is 4.13. The Kier molecular flexibility index (Phi) is 4.38. The van der Waals surface area contributed by atoms with Crippen LogP contribution in [0.25, 0.3) is 0 Å². The molecule has 0 radical (unpaired) electrons. The number of benzene rings is 2. The molecule has 4 rings (SSSR count). The van der Waals surface area contributed by atoms with Gasteiger partial charge in [-0.2, -0.15) is 5.26 Å². The fraction of sp³-hybridized carbons (Fsp3) is 0.286. The van der Waals surface area contributed by atoms with Crippen molar-refractivity contribution in [1.29, 1.82) is 5.26 Å². The maximum absolute atomic E-state index is 13.0. The molecule has 2 heterocycles. The molecule has 6 heteroatoms. The van der Waals surface area contributed by atoms with Crippen LogP contribution in [0.3, 0.4) is 0 Å². The molecule has 136 valence electrons. The van der Waals surface area contributed by atoms with Crippen LogP contribution in [0.2, 0.25) is 0 Å². The van der Waals surface area contributed by atoms with E-state index in [2.05, 4.69) is 6.07 Å². The van der Waals surface area contributed by atoms with Gasteiger partial charge in [-0.1, -0.05) is 48.5 Å². The predicted molar refractivity (Wildman–Crippen MR) is 98.1 cm³/mol. The lowest BCUT2D eigenvalue weighted by Gasteiger charge is -2.27. The van der Waals surface area contributed by atoms with Crippen molar-refractivity contribution in [1.82, 2.24) is 4.90 Å². The van der Waals surface area contributed by atoms with Crippen molar-refractivity contribution < 1.29 is 14.7 Å². The van der Waals surface area contributed by atoms with Gasteiger partial charge in [0.25, 0.3) is 0 Å². The maximum Gasteiger partial charge on any atom is 0.236 e. The lowest BCUT2D eigenvalue weighted by atomic mass is 9.94. The summed E-state index contributed by atoms with van der Waals surface area (Å²) in [5, 5.41) is 19.4. The fourth-order valence-electron chi connectivity index (χ4n) is 4.13. The third-order valence-corrected chi connectivity index (χ3v) is 5.42. The van der Waals surface area contributed by atoms with Gasteiger partial charge in [0, 0.05) is 17.8 Å². The first-order chi connectivity index (χ1) is 13.2. The SMILES string of the molecule is N#C[C@@H]1[C@@H]2C(=O)N(Cc3ccccc3)C(=O)[C@@H]2CN1c1ccccc1CO. The van der Waals surface area contributed by atoms with Crippen LogP contribution in [0, 0.1) is 23.2 Å². The lowest BCUT2D eigenvalue weighted by Crippen LogP contribution is -2.40. The summed E-state index contributed by atoms with van der Waals surface area (Å²) in [7, 11) is 0. The summed E-state index contributed by atoms with van der Waals surface area (Å²) < 4.78 is 0. The van der Waals surface area contributed by atoms with Gasteiger partial charge in [0.15, 0.2) is 0 Å². The number of carbonyl (C=O) groups is 2. The average Bonchev–Trinajstić information content (AvgIpc) is 3.20. The Hall–Kier alpha value is -3.17. The number of likely N-dealkylation sites (tertiary alicyclic amines) is 1. The molecule has 0 unspecified atom stereocenters. The zero-order valence-corrected chi connectivity index (χ0v) is 14.7. The van der Waals surface area contributed by atoms with E-state index in [1.54, 1.807) is 11.0 Å². The molecule has 2 aliphatic rings. The van der Waals surface area contributed by atoms with Gasteiger partial charge in [0.05, 0.1) is 31.1 Å². The minimum absolute atomic E-state index is 0.165. The van der Waals surface area contributed by atoms with Gasteiger partial charge in [-0.3, -0.25) is 14.5 Å². The predicted octanol–water partition coefficient (Wildman–Crippen LogP) is 1.69. The van der Waals surface area contributed by atoms with Gasteiger partial charge < -0.3 is 10.0 Å². The molecule has 2 fully saturated rings. The number of anilines is 1. The lowest BCUT2D eigenvalue weighted by molar-refractivity contribution is -0.140. The van der Waals surface area contributed by atoms with Crippen molar-refractivity contribution in [3.05, 3.63) is 65.7 Å². The van der Waals surface area contributed by atoms with Gasteiger partial charge in [0.1, 0.15) is 6.04 Å². The van der Waals surface area contributed by atoms with E-state index in [0.717, 1.165) is 5.56 Å². The molecule has 2 amide bonds. The number of aliphatic hydroxyl groups is 1. The van der Waals surface area contributed by atoms with Crippen LogP contribution in [-0.2, 0) is 22.7 Å². The summed E-state index contributed by atoms with van der Waals surface area (Å²) >= 11 is 0. The monoisotopic (exact) mass is 361 g/mol. The number of hydrogen-bond donors (Lipinski definition) is 1. The molecule has 3 atom stereocenters. The third kappa shape index (κ3) is 2.77. The molecular formula is C21H19N3O3. The molecule has 0 spiro atoms. The summed E-state index contributed by atoms with van der Waals surface area (Å²) in [6.07, 6.45) is 0. The summed E-state index contributed by atoms with van der Waals surface area (Å²) in [6, 6.07) is 18.1. The number of hydrogen-bond acceptors (Lipinski definition) is 5. The van der Waals surface area contributed by atoms with Crippen molar-refractivity contribution >= 4 is 17.5 Å². The van der Waals surface area contributed by atoms with E-state index in [1.807, 2.05) is 48.5 Å². The summed E-state index contributed by atoms with van der Waals surface area (Å²) in [5.41, 5.74) is 2.27. The number of rotatable bonds is 4. The Morgan fingerprint density at radius 3 is 2.44 bits per heavy atom. The number of nitrogens with zero attached hydrogens (tertiary/aromatic N) is 3. The highest BCUT2D eigenvalue weighted by molar-refractivity contribution is 6.07. The molecule has 6 nitrogen and oxygen atoms in total. The summed E-state index contributed by atoms with van der Waals surface area (Å²) in [4.78, 5) is 29.0. The summed E-state index contributed by atoms with van der Waals surface area (Å²) in [5.74, 6) is -1.71. The smallest absolute Gasteiger partial charge is 0.236 e. The summed E-state index contributed by atoms with van der Waals surface area (Å²) in [6.45, 7) is 0.370. The second kappa shape index (κ2) is 6.86. The first-order valence-corrected chi connectivity index (χ1v) is 8.90. The Morgan fingerprint density at radius 2 is 1.74 bits per heavy atom. The molecular weight excluding hydrogens is 342 g/mol. The highest BCUT2D eigenvalue weighted by Gasteiger charge is 2.57. The first-order valence-electron chi connectivity index (χ1n) is 8.90. The largest absolute Gasteiger partial charge is 0.392 e. The van der Waals surface area contributed by atoms with Crippen LogP contribution in [0.1, 0.15) is 11.1 Å². The molecule has 2 aromatic carbocycles. The van der Waals surface area contributed by atoms with Crippen molar-refractivity contribution in [3.63, 3.8) is 0 Å². The molecule has 2 aromatic rings. The van der Waals surface area contributed by atoms with Crippen LogP contribution < -0.4 is 4.90 Å². The van der Waals surface area contributed by atoms with E-state index >= 15 is 0 Å². The Balaban J connectivity index is 1.63. The second-order valence-electron chi connectivity index (χ2n) is 6.89. The molecule has 2 aliphatic heterocycles. The third-order valence-electron chi connectivity index (χ3n) is 5.42. The minimum Gasteiger partial charge on any atom is -0.392 e. The number of fused-ring (bicyclic) bond motifs is 1. The quantitative estimate of drug-likeness (QED) is 0.838. The minimum atomic E-state index is -0.722. The highest BCUT2D eigenvalue weighted by atomic mass is 16.3. The first kappa shape index (κ1) is 17.3. The normalized spacial score (nSPS) is 24.2. The van der Waals surface area contributed by atoms with Gasteiger partial charge in [-0.25, -0.2) is 0 Å². The number of carbonyl (C=O) groups excluding carboxylic acids is 2. The molecule has 1 N–H and O–H groups in total. The highest BCUT2D eigenvalue weighted by Crippen LogP contribution is 2.41. The number of imide groups is 1. The van der Waals surface area contributed by atoms with Crippen molar-refractivity contribution in [3.8, 4) is 6.07 Å². The van der Waals surface area contributed by atoms with E-state index in [0.29, 0.717) is 17.8 Å². The van der Waals surface area contributed by atoms with Crippen LogP contribution in [0.5, 0.6) is 0 Å². The van der Waals surface area contributed by atoms with Gasteiger partial charge in [-0.05, 0) is 11.6 Å². The average molecular weight is 361 g/mol. The van der Waals surface area contributed by atoms with Crippen molar-refractivity contribution in [2.75, 3.05) is 11.4 Å². The van der Waals surface area contributed by atoms with Gasteiger partial charge >= 0.3 is 0 Å². The Morgan fingerprint density at radius 1 is 1.04 bits per heavy atom. The zero-order chi connectivity index (χ0) is 19.0. The number of nitriles is 1. The molecule has 0 aliphatic carbocycles. The van der Waals surface area contributed by atoms with Crippen LogP contribution in [-0.4, -0.2) is 34.4 Å². The van der Waals surface area contributed by atoms with E-state index in [-0.39, 0.29) is 25.0 Å². The molecule has 0 saturated carbocycles. The van der Waals surface area contributed by atoms with Crippen molar-refractivity contribution in [2.24, 2.45) is 11.8 Å². The molecule has 2 saturated heterocycles. The Labute approximate surface area is 157 Å². The topological polar surface area (TPSA) is 84.6 Å². The van der Waals surface area contributed by atoms with E-state index in [1.165, 1.54) is 4.90 Å². The number of para-hydroxylation sites is 1. The number of aliphatic hydroxyl groups excluding tert-OH is 1. The zero-order valence-electron chi connectivity index (χ0n) is 14.7. The van der Waals surface area contributed by atoms with E-state index in [9.17, 15) is 20.0 Å². The van der Waals surface area contributed by atoms with Crippen molar-refractivity contribution in [2.45, 2.75) is 19.2 Å². The number of amides is 2. The van der Waals surface area contributed by atoms with Gasteiger partial charge in [-0.15, -0.1) is 0 Å². The van der Waals surface area contributed by atoms with E-state index < -0.39 is 17.9 Å². The Bertz CT molecular complexity index is 922. The standard InChI is InChI=1S/C21H19N3O3/c22-10-18-19-16(12-23(18)17-9-5-4-8-15(17)13-25)20(26)24(21(19)27)11-14-6-2-1-3-7-14/h1-9,16,18-19,25H,11-13H2/t16-,18-,19-/m1/s1.